The first-order valence-electron chi connectivity index (χ1n) is 9.41. The summed E-state index contributed by atoms with van der Waals surface area (Å²) in [7, 11) is 0. The van der Waals surface area contributed by atoms with Crippen molar-refractivity contribution in [1.29, 1.82) is 0 Å². The smallest absolute Gasteiger partial charge is 0.307 e. The normalized spacial score (nSPS) is 16.3. The predicted octanol–water partition coefficient (Wildman–Crippen LogP) is 3.84. The van der Waals surface area contributed by atoms with Gasteiger partial charge in [-0.1, -0.05) is 25.7 Å². The number of carbonyl (C=O) groups excluding carboxylic acids is 1. The fourth-order valence-electron chi connectivity index (χ4n) is 3.64. The lowest BCUT2D eigenvalue weighted by Gasteiger charge is -2.23. The minimum Gasteiger partial charge on any atom is -0.307 e. The summed E-state index contributed by atoms with van der Waals surface area (Å²) in [5.41, 5.74) is -1.59. The lowest BCUT2D eigenvalue weighted by molar-refractivity contribution is -0.138. The SMILES string of the molecule is CCn1ccc(NC(=O)[C@H](CC2CCCC2)n2cc(C(F)(F)F)ccc2=O)n1. The summed E-state index contributed by atoms with van der Waals surface area (Å²) in [5, 5.41) is 6.82. The van der Waals surface area contributed by atoms with Crippen LogP contribution in [0.4, 0.5) is 19.0 Å². The Morgan fingerprint density at radius 2 is 2.00 bits per heavy atom. The molecule has 1 N–H and O–H groups in total. The van der Waals surface area contributed by atoms with Crippen molar-refractivity contribution in [3.63, 3.8) is 0 Å². The molecule has 1 saturated carbocycles. The molecule has 9 heteroatoms. The van der Waals surface area contributed by atoms with Crippen molar-refractivity contribution >= 4 is 11.7 Å². The number of alkyl halides is 3. The predicted molar refractivity (Wildman–Crippen MR) is 97.8 cm³/mol. The molecule has 0 aliphatic heterocycles. The Morgan fingerprint density at radius 3 is 2.61 bits per heavy atom. The lowest BCUT2D eigenvalue weighted by Crippen LogP contribution is -2.35. The van der Waals surface area contributed by atoms with E-state index in [2.05, 4.69) is 10.4 Å². The molecule has 152 valence electrons. The number of halogens is 3. The number of carbonyl (C=O) groups is 1. The third-order valence-electron chi connectivity index (χ3n) is 5.15. The molecule has 1 aliphatic carbocycles. The molecule has 0 spiro atoms. The van der Waals surface area contributed by atoms with Gasteiger partial charge in [-0.3, -0.25) is 14.3 Å². The quantitative estimate of drug-likeness (QED) is 0.807. The first kappa shape index (κ1) is 20.2. The number of amides is 1. The summed E-state index contributed by atoms with van der Waals surface area (Å²) in [6.07, 6.45) is 2.02. The molecular weight excluding hydrogens is 373 g/mol. The van der Waals surface area contributed by atoms with Gasteiger partial charge in [0.2, 0.25) is 5.91 Å². The molecule has 0 bridgehead atoms. The number of nitrogens with one attached hydrogen (secondary N) is 1. The number of hydrogen-bond acceptors (Lipinski definition) is 3. The number of aromatic nitrogens is 3. The van der Waals surface area contributed by atoms with Gasteiger partial charge < -0.3 is 9.88 Å². The summed E-state index contributed by atoms with van der Waals surface area (Å²) in [6, 6.07) is 2.20. The highest BCUT2D eigenvalue weighted by Crippen LogP contribution is 2.33. The van der Waals surface area contributed by atoms with Gasteiger partial charge in [0.25, 0.3) is 5.56 Å². The van der Waals surface area contributed by atoms with Gasteiger partial charge in [-0.15, -0.1) is 0 Å². The maximum Gasteiger partial charge on any atom is 0.417 e. The Bertz CT molecular complexity index is 882. The fourth-order valence-corrected chi connectivity index (χ4v) is 3.64. The van der Waals surface area contributed by atoms with Crippen LogP contribution in [0.25, 0.3) is 0 Å². The number of nitrogens with zero attached hydrogens (tertiary/aromatic N) is 3. The van der Waals surface area contributed by atoms with E-state index < -0.39 is 29.2 Å². The summed E-state index contributed by atoms with van der Waals surface area (Å²) in [6.45, 7) is 2.51. The minimum atomic E-state index is -4.59. The Kier molecular flexibility index (Phi) is 5.90. The first-order valence-corrected chi connectivity index (χ1v) is 9.41. The van der Waals surface area contributed by atoms with E-state index in [-0.39, 0.29) is 5.92 Å². The largest absolute Gasteiger partial charge is 0.417 e. The van der Waals surface area contributed by atoms with Crippen molar-refractivity contribution in [2.24, 2.45) is 5.92 Å². The van der Waals surface area contributed by atoms with Crippen molar-refractivity contribution in [3.05, 3.63) is 46.5 Å². The van der Waals surface area contributed by atoms with Crippen LogP contribution < -0.4 is 10.9 Å². The standard InChI is InChI=1S/C19H23F3N4O2/c1-2-25-10-9-16(24-25)23-18(28)15(11-13-5-3-4-6-13)26-12-14(19(20,21)22)7-8-17(26)27/h7-10,12-13,15H,2-6,11H2,1H3,(H,23,24,28)/t15-/m0/s1. The monoisotopic (exact) mass is 396 g/mol. The zero-order valence-corrected chi connectivity index (χ0v) is 15.6. The van der Waals surface area contributed by atoms with Crippen molar-refractivity contribution in [3.8, 4) is 0 Å². The van der Waals surface area contributed by atoms with Gasteiger partial charge in [0.1, 0.15) is 6.04 Å². The van der Waals surface area contributed by atoms with Crippen molar-refractivity contribution in [1.82, 2.24) is 14.3 Å². The van der Waals surface area contributed by atoms with Crippen LogP contribution in [0.15, 0.2) is 35.4 Å². The molecule has 1 amide bonds. The van der Waals surface area contributed by atoms with Crippen molar-refractivity contribution in [2.75, 3.05) is 5.32 Å². The van der Waals surface area contributed by atoms with Gasteiger partial charge in [-0.05, 0) is 25.3 Å². The van der Waals surface area contributed by atoms with Crippen LogP contribution in [-0.4, -0.2) is 20.3 Å². The minimum absolute atomic E-state index is 0.199. The molecule has 2 heterocycles. The van der Waals surface area contributed by atoms with E-state index in [0.717, 1.165) is 48.6 Å². The van der Waals surface area contributed by atoms with Crippen LogP contribution in [0.5, 0.6) is 0 Å². The molecule has 0 saturated heterocycles. The number of pyridine rings is 1. The summed E-state index contributed by atoms with van der Waals surface area (Å²) < 4.78 is 41.9. The third-order valence-corrected chi connectivity index (χ3v) is 5.15. The highest BCUT2D eigenvalue weighted by atomic mass is 19.4. The van der Waals surface area contributed by atoms with Gasteiger partial charge in [0, 0.05) is 31.1 Å². The van der Waals surface area contributed by atoms with Gasteiger partial charge in [0.05, 0.1) is 5.56 Å². The molecule has 2 aromatic rings. The zero-order chi connectivity index (χ0) is 20.3. The molecule has 1 aliphatic rings. The Morgan fingerprint density at radius 1 is 1.29 bits per heavy atom. The van der Waals surface area contributed by atoms with Gasteiger partial charge in [-0.25, -0.2) is 0 Å². The molecule has 0 unspecified atom stereocenters. The maximum atomic E-state index is 13.1. The van der Waals surface area contributed by atoms with Crippen molar-refractivity contribution < 1.29 is 18.0 Å². The molecule has 0 radical (unpaired) electrons. The van der Waals surface area contributed by atoms with Crippen LogP contribution in [0.3, 0.4) is 0 Å². The summed E-state index contributed by atoms with van der Waals surface area (Å²) in [4.78, 5) is 25.2. The zero-order valence-electron chi connectivity index (χ0n) is 15.6. The van der Waals surface area contributed by atoms with E-state index in [1.165, 1.54) is 0 Å². The molecule has 6 nitrogen and oxygen atoms in total. The second kappa shape index (κ2) is 8.20. The van der Waals surface area contributed by atoms with Crippen LogP contribution in [-0.2, 0) is 17.5 Å². The van der Waals surface area contributed by atoms with E-state index in [1.807, 2.05) is 6.92 Å². The average molecular weight is 396 g/mol. The second-order valence-corrected chi connectivity index (χ2v) is 7.11. The van der Waals surface area contributed by atoms with Gasteiger partial charge in [0.15, 0.2) is 5.82 Å². The van der Waals surface area contributed by atoms with Gasteiger partial charge in [-0.2, -0.15) is 18.3 Å². The van der Waals surface area contributed by atoms with Crippen LogP contribution in [0, 0.1) is 5.92 Å². The van der Waals surface area contributed by atoms with Crippen LogP contribution in [0.1, 0.15) is 50.6 Å². The molecule has 1 fully saturated rings. The number of aryl methyl sites for hydroxylation is 1. The third kappa shape index (κ3) is 4.63. The average Bonchev–Trinajstić information content (AvgIpc) is 3.31. The number of hydrogen-bond donors (Lipinski definition) is 1. The molecule has 28 heavy (non-hydrogen) atoms. The molecular formula is C19H23F3N4O2. The maximum absolute atomic E-state index is 13.1. The van der Waals surface area contributed by atoms with E-state index in [1.54, 1.807) is 16.9 Å². The van der Waals surface area contributed by atoms with Crippen LogP contribution in [0.2, 0.25) is 0 Å². The fraction of sp³-hybridized carbons (Fsp3) is 0.526. The molecule has 0 aromatic carbocycles. The molecule has 1 atom stereocenters. The summed E-state index contributed by atoms with van der Waals surface area (Å²) >= 11 is 0. The Balaban J connectivity index is 1.92. The lowest BCUT2D eigenvalue weighted by atomic mass is 9.97. The Hall–Kier alpha value is -2.58. The van der Waals surface area contributed by atoms with Crippen molar-refractivity contribution in [2.45, 2.75) is 57.8 Å². The number of rotatable bonds is 6. The summed E-state index contributed by atoms with van der Waals surface area (Å²) in [5.74, 6) is -0.0247. The van der Waals surface area contributed by atoms with E-state index >= 15 is 0 Å². The first-order chi connectivity index (χ1) is 13.3. The second-order valence-electron chi connectivity index (χ2n) is 7.11. The highest BCUT2D eigenvalue weighted by Gasteiger charge is 2.33. The molecule has 3 rings (SSSR count). The number of anilines is 1. The highest BCUT2D eigenvalue weighted by molar-refractivity contribution is 5.92. The topological polar surface area (TPSA) is 68.9 Å². The van der Waals surface area contributed by atoms with Gasteiger partial charge >= 0.3 is 6.18 Å². The molecule has 2 aromatic heterocycles. The Labute approximate surface area is 160 Å². The van der Waals surface area contributed by atoms with E-state index in [9.17, 15) is 22.8 Å². The van der Waals surface area contributed by atoms with E-state index in [4.69, 9.17) is 0 Å². The van der Waals surface area contributed by atoms with Crippen LogP contribution >= 0.6 is 0 Å². The van der Waals surface area contributed by atoms with E-state index in [0.29, 0.717) is 18.8 Å².